The Bertz CT molecular complexity index is 375. The Kier molecular flexibility index (Phi) is 4.79. The van der Waals surface area contributed by atoms with Crippen molar-refractivity contribution in [1.82, 2.24) is 9.97 Å². The van der Waals surface area contributed by atoms with Crippen molar-refractivity contribution in [3.05, 3.63) is 11.9 Å². The van der Waals surface area contributed by atoms with Gasteiger partial charge in [0.25, 0.3) is 0 Å². The summed E-state index contributed by atoms with van der Waals surface area (Å²) < 4.78 is 6.03. The van der Waals surface area contributed by atoms with Crippen LogP contribution in [0.3, 0.4) is 0 Å². The molecule has 1 aliphatic rings. The standard InChI is InChI=1S/C14H23N3O/c1-3-9-15-13-12(4-2)14(17-10-16-13)18-11-7-5-6-8-11/h10-11H,3-9H2,1-2H3,(H,15,16,17). The number of hydrogen-bond acceptors (Lipinski definition) is 4. The molecular formula is C14H23N3O. The van der Waals surface area contributed by atoms with Gasteiger partial charge in [-0.1, -0.05) is 13.8 Å². The molecule has 1 aromatic heterocycles. The van der Waals surface area contributed by atoms with E-state index < -0.39 is 0 Å². The lowest BCUT2D eigenvalue weighted by atomic mass is 10.2. The third-order valence-electron chi connectivity index (χ3n) is 3.38. The molecule has 4 heteroatoms. The predicted octanol–water partition coefficient (Wildman–Crippen LogP) is 3.18. The van der Waals surface area contributed by atoms with Gasteiger partial charge in [-0.05, 0) is 38.5 Å². The molecule has 1 fully saturated rings. The number of nitrogens with one attached hydrogen (secondary N) is 1. The Morgan fingerprint density at radius 3 is 2.72 bits per heavy atom. The van der Waals surface area contributed by atoms with E-state index in [2.05, 4.69) is 29.1 Å². The van der Waals surface area contributed by atoms with Gasteiger partial charge in [0, 0.05) is 6.54 Å². The van der Waals surface area contributed by atoms with Crippen molar-refractivity contribution in [1.29, 1.82) is 0 Å². The van der Waals surface area contributed by atoms with Gasteiger partial charge in [-0.2, -0.15) is 0 Å². The first kappa shape index (κ1) is 13.1. The van der Waals surface area contributed by atoms with Gasteiger partial charge in [-0.25, -0.2) is 9.97 Å². The van der Waals surface area contributed by atoms with E-state index in [-0.39, 0.29) is 0 Å². The third-order valence-corrected chi connectivity index (χ3v) is 3.38. The van der Waals surface area contributed by atoms with Crippen molar-refractivity contribution in [3.8, 4) is 5.88 Å². The molecule has 4 nitrogen and oxygen atoms in total. The predicted molar refractivity (Wildman–Crippen MR) is 73.1 cm³/mol. The first-order valence-electron chi connectivity index (χ1n) is 7.09. The normalized spacial score (nSPS) is 15.9. The zero-order chi connectivity index (χ0) is 12.8. The molecule has 0 aromatic carbocycles. The fraction of sp³-hybridized carbons (Fsp3) is 0.714. The van der Waals surface area contributed by atoms with Crippen LogP contribution >= 0.6 is 0 Å². The van der Waals surface area contributed by atoms with Crippen LogP contribution in [0.5, 0.6) is 5.88 Å². The second-order valence-electron chi connectivity index (χ2n) is 4.81. The molecule has 0 radical (unpaired) electrons. The van der Waals surface area contributed by atoms with Crippen LogP contribution in [-0.2, 0) is 6.42 Å². The van der Waals surface area contributed by atoms with Gasteiger partial charge in [0.05, 0.1) is 5.56 Å². The highest BCUT2D eigenvalue weighted by molar-refractivity contribution is 5.48. The smallest absolute Gasteiger partial charge is 0.222 e. The van der Waals surface area contributed by atoms with Gasteiger partial charge in [-0.3, -0.25) is 0 Å². The molecule has 100 valence electrons. The van der Waals surface area contributed by atoms with Crippen LogP contribution in [0.25, 0.3) is 0 Å². The lowest BCUT2D eigenvalue weighted by Crippen LogP contribution is -2.15. The van der Waals surface area contributed by atoms with Crippen molar-refractivity contribution >= 4 is 5.82 Å². The van der Waals surface area contributed by atoms with Crippen LogP contribution < -0.4 is 10.1 Å². The Morgan fingerprint density at radius 1 is 1.28 bits per heavy atom. The fourth-order valence-corrected chi connectivity index (χ4v) is 2.38. The van der Waals surface area contributed by atoms with Crippen molar-refractivity contribution in [2.45, 2.75) is 58.5 Å². The number of rotatable bonds is 6. The second-order valence-corrected chi connectivity index (χ2v) is 4.81. The monoisotopic (exact) mass is 249 g/mol. The molecule has 1 aliphatic carbocycles. The second kappa shape index (κ2) is 6.57. The molecule has 2 rings (SSSR count). The van der Waals surface area contributed by atoms with Gasteiger partial charge in [-0.15, -0.1) is 0 Å². The summed E-state index contributed by atoms with van der Waals surface area (Å²) in [6.07, 6.45) is 8.80. The van der Waals surface area contributed by atoms with Crippen LogP contribution in [0.2, 0.25) is 0 Å². The van der Waals surface area contributed by atoms with E-state index >= 15 is 0 Å². The summed E-state index contributed by atoms with van der Waals surface area (Å²) in [5.41, 5.74) is 1.11. The largest absolute Gasteiger partial charge is 0.474 e. The minimum atomic E-state index is 0.351. The third kappa shape index (κ3) is 3.12. The van der Waals surface area contributed by atoms with Crippen molar-refractivity contribution in [2.24, 2.45) is 0 Å². The highest BCUT2D eigenvalue weighted by atomic mass is 16.5. The van der Waals surface area contributed by atoms with E-state index in [1.807, 2.05) is 0 Å². The lowest BCUT2D eigenvalue weighted by Gasteiger charge is -2.17. The summed E-state index contributed by atoms with van der Waals surface area (Å²) in [7, 11) is 0. The average molecular weight is 249 g/mol. The minimum absolute atomic E-state index is 0.351. The summed E-state index contributed by atoms with van der Waals surface area (Å²) in [5, 5.41) is 3.35. The summed E-state index contributed by atoms with van der Waals surface area (Å²) in [4.78, 5) is 8.63. The summed E-state index contributed by atoms with van der Waals surface area (Å²) in [6.45, 7) is 5.21. The van der Waals surface area contributed by atoms with Crippen LogP contribution in [0, 0.1) is 0 Å². The molecular weight excluding hydrogens is 226 g/mol. The Balaban J connectivity index is 2.12. The van der Waals surface area contributed by atoms with Gasteiger partial charge in [0.1, 0.15) is 18.2 Å². The maximum Gasteiger partial charge on any atom is 0.222 e. The van der Waals surface area contributed by atoms with Crippen LogP contribution in [0.4, 0.5) is 5.82 Å². The van der Waals surface area contributed by atoms with Crippen molar-refractivity contribution < 1.29 is 4.74 Å². The van der Waals surface area contributed by atoms with Crippen molar-refractivity contribution in [3.63, 3.8) is 0 Å². The maximum absolute atomic E-state index is 6.03. The van der Waals surface area contributed by atoms with Gasteiger partial charge >= 0.3 is 0 Å². The van der Waals surface area contributed by atoms with Gasteiger partial charge in [0.2, 0.25) is 5.88 Å². The Hall–Kier alpha value is -1.32. The van der Waals surface area contributed by atoms with Gasteiger partial charge in [0.15, 0.2) is 0 Å². The first-order chi connectivity index (χ1) is 8.85. The van der Waals surface area contributed by atoms with Crippen molar-refractivity contribution in [2.75, 3.05) is 11.9 Å². The highest BCUT2D eigenvalue weighted by Gasteiger charge is 2.19. The molecule has 0 spiro atoms. The Labute approximate surface area is 109 Å². The topological polar surface area (TPSA) is 47.0 Å². The van der Waals surface area contributed by atoms with Crippen LogP contribution in [0.1, 0.15) is 51.5 Å². The van der Waals surface area contributed by atoms with Crippen LogP contribution in [0.15, 0.2) is 6.33 Å². The minimum Gasteiger partial charge on any atom is -0.474 e. The number of anilines is 1. The molecule has 0 bridgehead atoms. The SMILES string of the molecule is CCCNc1ncnc(OC2CCCC2)c1CC. The molecule has 0 aliphatic heterocycles. The molecule has 0 atom stereocenters. The van der Waals surface area contributed by atoms with Gasteiger partial charge < -0.3 is 10.1 Å². The molecule has 18 heavy (non-hydrogen) atoms. The summed E-state index contributed by atoms with van der Waals surface area (Å²) >= 11 is 0. The first-order valence-corrected chi connectivity index (χ1v) is 7.09. The van der Waals surface area contributed by atoms with Crippen LogP contribution in [-0.4, -0.2) is 22.6 Å². The molecule has 1 aromatic rings. The molecule has 0 amide bonds. The molecule has 0 saturated heterocycles. The highest BCUT2D eigenvalue weighted by Crippen LogP contribution is 2.28. The molecule has 1 saturated carbocycles. The van der Waals surface area contributed by atoms with E-state index in [1.54, 1.807) is 6.33 Å². The molecule has 1 heterocycles. The number of nitrogens with zero attached hydrogens (tertiary/aromatic N) is 2. The van der Waals surface area contributed by atoms with E-state index in [0.717, 1.165) is 49.5 Å². The van der Waals surface area contributed by atoms with E-state index in [1.165, 1.54) is 12.8 Å². The molecule has 1 N–H and O–H groups in total. The average Bonchev–Trinajstić information content (AvgIpc) is 2.89. The summed E-state index contributed by atoms with van der Waals surface area (Å²) in [6, 6.07) is 0. The zero-order valence-corrected chi connectivity index (χ0v) is 11.4. The van der Waals surface area contributed by atoms with E-state index in [0.29, 0.717) is 6.10 Å². The number of hydrogen-bond donors (Lipinski definition) is 1. The zero-order valence-electron chi connectivity index (χ0n) is 11.4. The number of ether oxygens (including phenoxy) is 1. The van der Waals surface area contributed by atoms with E-state index in [9.17, 15) is 0 Å². The van der Waals surface area contributed by atoms with E-state index in [4.69, 9.17) is 4.74 Å². The Morgan fingerprint density at radius 2 is 2.06 bits per heavy atom. The molecule has 0 unspecified atom stereocenters. The maximum atomic E-state index is 6.03. The quantitative estimate of drug-likeness (QED) is 0.841. The lowest BCUT2D eigenvalue weighted by molar-refractivity contribution is 0.199. The summed E-state index contributed by atoms with van der Waals surface area (Å²) in [5.74, 6) is 1.71. The number of aromatic nitrogens is 2. The fourth-order valence-electron chi connectivity index (χ4n) is 2.38.